The van der Waals surface area contributed by atoms with Gasteiger partial charge >= 0.3 is 5.97 Å². The van der Waals surface area contributed by atoms with Crippen LogP contribution in [0.3, 0.4) is 0 Å². The number of fused-ring (bicyclic) bond motifs is 5. The number of carbonyl (C=O) groups is 2. The van der Waals surface area contributed by atoms with Crippen molar-refractivity contribution in [1.29, 1.82) is 0 Å². The summed E-state index contributed by atoms with van der Waals surface area (Å²) in [4.78, 5) is 23.6. The molecule has 2 fully saturated rings. The molecule has 0 aliphatic heterocycles. The number of hydrogen-bond acceptors (Lipinski definition) is 6. The van der Waals surface area contributed by atoms with Crippen LogP contribution in [0.1, 0.15) is 88.2 Å². The fourth-order valence-corrected chi connectivity index (χ4v) is 7.76. The van der Waals surface area contributed by atoms with Crippen molar-refractivity contribution in [2.45, 2.75) is 95.6 Å². The average Bonchev–Trinajstić information content (AvgIpc) is 3.28. The molecule has 0 aromatic heterocycles. The SMILES string of the molecule is COC(=O)C(CC(=O)NCCCCCCNC1CC[C@H]2[C@@H]3CCc4cc(OC)ccc4[C@H]3CC[C@]12C)OC. The topological polar surface area (TPSA) is 85.9 Å². The first-order valence-corrected chi connectivity index (χ1v) is 14.7. The lowest BCUT2D eigenvalue weighted by molar-refractivity contribution is -0.154. The van der Waals surface area contributed by atoms with E-state index in [0.717, 1.165) is 49.3 Å². The number of amides is 1. The molecule has 2 saturated carbocycles. The summed E-state index contributed by atoms with van der Waals surface area (Å²) in [7, 11) is 4.47. The van der Waals surface area contributed by atoms with Gasteiger partial charge in [-0.25, -0.2) is 4.79 Å². The Morgan fingerprint density at radius 1 is 1.03 bits per heavy atom. The monoisotopic (exact) mass is 528 g/mol. The first kappa shape index (κ1) is 28.9. The van der Waals surface area contributed by atoms with Gasteiger partial charge in [0, 0.05) is 19.7 Å². The molecule has 1 aromatic carbocycles. The number of esters is 1. The van der Waals surface area contributed by atoms with Crippen LogP contribution in [-0.2, 0) is 25.5 Å². The van der Waals surface area contributed by atoms with Crippen molar-refractivity contribution in [3.63, 3.8) is 0 Å². The molecule has 0 heterocycles. The molecule has 4 rings (SSSR count). The Balaban J connectivity index is 1.14. The number of rotatable bonds is 13. The van der Waals surface area contributed by atoms with E-state index in [1.165, 1.54) is 64.7 Å². The van der Waals surface area contributed by atoms with Gasteiger partial charge in [0.15, 0.2) is 6.10 Å². The number of benzene rings is 1. The van der Waals surface area contributed by atoms with Crippen LogP contribution < -0.4 is 15.4 Å². The van der Waals surface area contributed by atoms with Gasteiger partial charge < -0.3 is 24.8 Å². The number of aryl methyl sites for hydroxylation is 1. The standard InChI is InChI=1S/C31H48N2O5/c1-31-16-15-24-23-12-10-22(36-2)19-21(23)9-11-25(24)26(31)13-14-28(31)32-17-7-5-6-8-18-33-29(34)20-27(37-3)30(35)38-4/h10,12,19,24-28,32H,5-9,11,13-18,20H2,1-4H3,(H,33,34)/t24-,25-,26+,27?,28?,31+/m1/s1. The smallest absolute Gasteiger partial charge is 0.335 e. The van der Waals surface area contributed by atoms with Crippen molar-refractivity contribution in [2.24, 2.45) is 17.3 Å². The summed E-state index contributed by atoms with van der Waals surface area (Å²) < 4.78 is 15.2. The molecule has 7 heteroatoms. The predicted octanol–water partition coefficient (Wildman–Crippen LogP) is 4.76. The lowest BCUT2D eigenvalue weighted by Gasteiger charge is -2.51. The second kappa shape index (κ2) is 13.3. The first-order chi connectivity index (χ1) is 18.4. The third kappa shape index (κ3) is 6.36. The summed E-state index contributed by atoms with van der Waals surface area (Å²) in [5, 5.41) is 6.84. The molecule has 7 nitrogen and oxygen atoms in total. The fourth-order valence-electron chi connectivity index (χ4n) is 7.76. The van der Waals surface area contributed by atoms with E-state index in [-0.39, 0.29) is 12.3 Å². The molecule has 1 amide bonds. The highest BCUT2D eigenvalue weighted by molar-refractivity contribution is 5.84. The van der Waals surface area contributed by atoms with E-state index in [2.05, 4.69) is 40.5 Å². The minimum Gasteiger partial charge on any atom is -0.497 e. The molecular weight excluding hydrogens is 480 g/mol. The number of methoxy groups -OCH3 is 3. The van der Waals surface area contributed by atoms with Crippen molar-refractivity contribution >= 4 is 11.9 Å². The largest absolute Gasteiger partial charge is 0.497 e. The van der Waals surface area contributed by atoms with Crippen molar-refractivity contribution in [3.05, 3.63) is 29.3 Å². The predicted molar refractivity (Wildman–Crippen MR) is 148 cm³/mol. The van der Waals surface area contributed by atoms with Crippen LogP contribution in [0.25, 0.3) is 0 Å². The summed E-state index contributed by atoms with van der Waals surface area (Å²) in [5.41, 5.74) is 3.53. The van der Waals surface area contributed by atoms with Crippen molar-refractivity contribution in [1.82, 2.24) is 10.6 Å². The van der Waals surface area contributed by atoms with Crippen molar-refractivity contribution in [2.75, 3.05) is 34.4 Å². The number of unbranched alkanes of at least 4 members (excludes halogenated alkanes) is 3. The lowest BCUT2D eigenvalue weighted by Crippen LogP contribution is -2.48. The van der Waals surface area contributed by atoms with Gasteiger partial charge in [-0.1, -0.05) is 25.8 Å². The summed E-state index contributed by atoms with van der Waals surface area (Å²) in [5.74, 6) is 2.67. The Labute approximate surface area is 228 Å². The highest BCUT2D eigenvalue weighted by atomic mass is 16.6. The van der Waals surface area contributed by atoms with Crippen LogP contribution in [-0.4, -0.2) is 58.4 Å². The van der Waals surface area contributed by atoms with E-state index in [1.807, 2.05) is 0 Å². The average molecular weight is 529 g/mol. The van der Waals surface area contributed by atoms with Gasteiger partial charge in [-0.05, 0) is 104 Å². The minimum absolute atomic E-state index is 0.00287. The number of ether oxygens (including phenoxy) is 3. The maximum absolute atomic E-state index is 12.0. The van der Waals surface area contributed by atoms with Gasteiger partial charge in [0.2, 0.25) is 5.91 Å². The van der Waals surface area contributed by atoms with E-state index in [0.29, 0.717) is 18.0 Å². The third-order valence-electron chi connectivity index (χ3n) is 9.87. The van der Waals surface area contributed by atoms with Gasteiger partial charge in [0.1, 0.15) is 5.75 Å². The Kier molecular flexibility index (Phi) is 10.1. The summed E-state index contributed by atoms with van der Waals surface area (Å²) >= 11 is 0. The minimum atomic E-state index is -0.837. The molecule has 0 bridgehead atoms. The van der Waals surface area contributed by atoms with Crippen LogP contribution in [0.5, 0.6) is 5.75 Å². The van der Waals surface area contributed by atoms with Crippen LogP contribution in [0.2, 0.25) is 0 Å². The molecule has 2 unspecified atom stereocenters. The Bertz CT molecular complexity index is 952. The lowest BCUT2D eigenvalue weighted by atomic mass is 9.55. The molecule has 1 aromatic rings. The van der Waals surface area contributed by atoms with Crippen LogP contribution in [0.4, 0.5) is 0 Å². The first-order valence-electron chi connectivity index (χ1n) is 14.7. The summed E-state index contributed by atoms with van der Waals surface area (Å²) in [6.07, 6.45) is 11.3. The van der Waals surface area contributed by atoms with Gasteiger partial charge in [0.25, 0.3) is 0 Å². The molecule has 0 saturated heterocycles. The van der Waals surface area contributed by atoms with Gasteiger partial charge in [-0.15, -0.1) is 0 Å². The number of carbonyl (C=O) groups excluding carboxylic acids is 2. The number of nitrogens with one attached hydrogen (secondary N) is 2. The quantitative estimate of drug-likeness (QED) is 0.284. The molecule has 3 aliphatic carbocycles. The van der Waals surface area contributed by atoms with Crippen LogP contribution in [0, 0.1) is 17.3 Å². The molecular formula is C31H48N2O5. The molecule has 0 spiro atoms. The molecule has 0 radical (unpaired) electrons. The molecule has 2 N–H and O–H groups in total. The Morgan fingerprint density at radius 3 is 2.55 bits per heavy atom. The van der Waals surface area contributed by atoms with E-state index in [9.17, 15) is 9.59 Å². The van der Waals surface area contributed by atoms with E-state index in [4.69, 9.17) is 9.47 Å². The van der Waals surface area contributed by atoms with Crippen LogP contribution in [0.15, 0.2) is 18.2 Å². The fraction of sp³-hybridized carbons (Fsp3) is 0.742. The van der Waals surface area contributed by atoms with Gasteiger partial charge in [-0.3, -0.25) is 4.79 Å². The zero-order valence-electron chi connectivity index (χ0n) is 23.9. The van der Waals surface area contributed by atoms with Crippen molar-refractivity contribution < 1.29 is 23.8 Å². The van der Waals surface area contributed by atoms with E-state index >= 15 is 0 Å². The molecule has 38 heavy (non-hydrogen) atoms. The summed E-state index contributed by atoms with van der Waals surface area (Å²) in [6, 6.07) is 7.41. The van der Waals surface area contributed by atoms with E-state index < -0.39 is 12.1 Å². The zero-order chi connectivity index (χ0) is 27.1. The van der Waals surface area contributed by atoms with Gasteiger partial charge in [-0.2, -0.15) is 0 Å². The highest BCUT2D eigenvalue weighted by Gasteiger charge is 2.54. The van der Waals surface area contributed by atoms with Gasteiger partial charge in [0.05, 0.1) is 20.6 Å². The number of hydrogen-bond donors (Lipinski definition) is 2. The van der Waals surface area contributed by atoms with Crippen molar-refractivity contribution in [3.8, 4) is 5.75 Å². The molecule has 3 aliphatic rings. The normalized spacial score (nSPS) is 28.5. The second-order valence-corrected chi connectivity index (χ2v) is 11.8. The second-order valence-electron chi connectivity index (χ2n) is 11.8. The third-order valence-corrected chi connectivity index (χ3v) is 9.87. The maximum atomic E-state index is 12.0. The zero-order valence-corrected chi connectivity index (χ0v) is 23.9. The van der Waals surface area contributed by atoms with E-state index in [1.54, 1.807) is 12.7 Å². The highest BCUT2D eigenvalue weighted by Crippen LogP contribution is 2.61. The Morgan fingerprint density at radius 2 is 1.82 bits per heavy atom. The molecule has 6 atom stereocenters. The molecule has 212 valence electrons. The Hall–Kier alpha value is -2.12. The van der Waals surface area contributed by atoms with Crippen LogP contribution >= 0.6 is 0 Å². The maximum Gasteiger partial charge on any atom is 0.335 e. The summed E-state index contributed by atoms with van der Waals surface area (Å²) in [6.45, 7) is 4.27.